The summed E-state index contributed by atoms with van der Waals surface area (Å²) in [5, 5.41) is 15.3. The Morgan fingerprint density at radius 1 is 1.63 bits per heavy atom. The highest BCUT2D eigenvalue weighted by Crippen LogP contribution is 2.24. The molecule has 0 fully saturated rings. The second-order valence-corrected chi connectivity index (χ2v) is 4.90. The van der Waals surface area contributed by atoms with Gasteiger partial charge in [-0.25, -0.2) is 4.98 Å². The molecule has 7 nitrogen and oxygen atoms in total. The zero-order valence-corrected chi connectivity index (χ0v) is 11.9. The Kier molecular flexibility index (Phi) is 6.54. The van der Waals surface area contributed by atoms with Crippen LogP contribution in [0, 0.1) is 0 Å². The van der Waals surface area contributed by atoms with Crippen molar-refractivity contribution < 1.29 is 14.6 Å². The van der Waals surface area contributed by atoms with Gasteiger partial charge in [0.1, 0.15) is 10.7 Å². The summed E-state index contributed by atoms with van der Waals surface area (Å²) in [6.07, 6.45) is 0.429. The smallest absolute Gasteiger partial charge is 0.265 e. The van der Waals surface area contributed by atoms with Crippen LogP contribution in [0.4, 0.5) is 10.9 Å². The van der Waals surface area contributed by atoms with Gasteiger partial charge in [-0.1, -0.05) is 11.3 Å². The van der Waals surface area contributed by atoms with Crippen molar-refractivity contribution in [3.05, 3.63) is 4.88 Å². The number of nitrogens with two attached hydrogens (primary N) is 1. The first-order valence-corrected chi connectivity index (χ1v) is 6.84. The number of hydrogen-bond acceptors (Lipinski definition) is 7. The number of hydrogen-bond donors (Lipinski definition) is 4. The molecule has 0 radical (unpaired) electrons. The standard InChI is InChI=1S/C11H20N4O3S/c1-3-13-11-15-9(12)8(19-11)10(17)14-7(4-5-16)6-18-2/h7,16H,3-6,12H2,1-2H3,(H,13,15)(H,14,17). The quantitative estimate of drug-likeness (QED) is 0.547. The largest absolute Gasteiger partial charge is 0.396 e. The van der Waals surface area contributed by atoms with Crippen molar-refractivity contribution in [2.45, 2.75) is 19.4 Å². The Balaban J connectivity index is 2.70. The fourth-order valence-corrected chi connectivity index (χ4v) is 2.38. The molecule has 1 aromatic heterocycles. The van der Waals surface area contributed by atoms with Gasteiger partial charge < -0.3 is 26.2 Å². The number of aliphatic hydroxyl groups excluding tert-OH is 1. The molecule has 0 aromatic carbocycles. The molecule has 1 atom stereocenters. The minimum absolute atomic E-state index is 0.0187. The fourth-order valence-electron chi connectivity index (χ4n) is 1.53. The molecule has 1 heterocycles. The van der Waals surface area contributed by atoms with E-state index in [2.05, 4.69) is 15.6 Å². The molecule has 0 spiro atoms. The molecule has 0 saturated carbocycles. The maximum atomic E-state index is 12.1. The SMILES string of the molecule is CCNc1nc(N)c(C(=O)NC(CCO)COC)s1. The first kappa shape index (κ1) is 15.7. The van der Waals surface area contributed by atoms with Crippen LogP contribution in [0.2, 0.25) is 0 Å². The molecule has 1 amide bonds. The topological polar surface area (TPSA) is 110 Å². The predicted octanol–water partition coefficient (Wildman–Crippen LogP) is 0.284. The molecule has 1 rings (SSSR count). The minimum atomic E-state index is -0.297. The van der Waals surface area contributed by atoms with E-state index in [1.54, 1.807) is 7.11 Å². The van der Waals surface area contributed by atoms with E-state index in [1.807, 2.05) is 6.92 Å². The van der Waals surface area contributed by atoms with E-state index >= 15 is 0 Å². The molecule has 1 aromatic rings. The Hall–Kier alpha value is -1.38. The molecule has 1 unspecified atom stereocenters. The van der Waals surface area contributed by atoms with Gasteiger partial charge in [0.15, 0.2) is 5.13 Å². The predicted molar refractivity (Wildman–Crippen MR) is 75.5 cm³/mol. The monoisotopic (exact) mass is 288 g/mol. The lowest BCUT2D eigenvalue weighted by molar-refractivity contribution is 0.0883. The van der Waals surface area contributed by atoms with Crippen LogP contribution in [0.25, 0.3) is 0 Å². The minimum Gasteiger partial charge on any atom is -0.396 e. The Morgan fingerprint density at radius 2 is 2.37 bits per heavy atom. The number of amides is 1. The van der Waals surface area contributed by atoms with Crippen molar-refractivity contribution in [1.29, 1.82) is 0 Å². The Labute approximate surface area is 116 Å². The number of thiazole rings is 1. The summed E-state index contributed by atoms with van der Waals surface area (Å²) in [4.78, 5) is 16.5. The van der Waals surface area contributed by atoms with Crippen LogP contribution in [-0.2, 0) is 4.74 Å². The van der Waals surface area contributed by atoms with Crippen molar-refractivity contribution in [2.24, 2.45) is 0 Å². The summed E-state index contributed by atoms with van der Waals surface area (Å²) < 4.78 is 4.99. The summed E-state index contributed by atoms with van der Waals surface area (Å²) in [5.41, 5.74) is 5.71. The lowest BCUT2D eigenvalue weighted by Crippen LogP contribution is -2.38. The van der Waals surface area contributed by atoms with E-state index in [9.17, 15) is 4.79 Å². The maximum Gasteiger partial charge on any atom is 0.265 e. The van der Waals surface area contributed by atoms with Crippen molar-refractivity contribution in [2.75, 3.05) is 37.9 Å². The van der Waals surface area contributed by atoms with Crippen LogP contribution in [0.3, 0.4) is 0 Å². The number of nitrogens with zero attached hydrogens (tertiary/aromatic N) is 1. The van der Waals surface area contributed by atoms with Crippen LogP contribution >= 0.6 is 11.3 Å². The van der Waals surface area contributed by atoms with Gasteiger partial charge >= 0.3 is 0 Å². The Bertz CT molecular complexity index is 405. The second-order valence-electron chi connectivity index (χ2n) is 3.90. The summed E-state index contributed by atoms with van der Waals surface area (Å²) in [5.74, 6) is -0.0896. The van der Waals surface area contributed by atoms with Gasteiger partial charge in [-0.2, -0.15) is 0 Å². The summed E-state index contributed by atoms with van der Waals surface area (Å²) >= 11 is 1.21. The van der Waals surface area contributed by atoms with Gasteiger partial charge in [-0.15, -0.1) is 0 Å². The normalized spacial score (nSPS) is 12.2. The van der Waals surface area contributed by atoms with Crippen molar-refractivity contribution >= 4 is 28.2 Å². The summed E-state index contributed by atoms with van der Waals surface area (Å²) in [7, 11) is 1.54. The molecule has 19 heavy (non-hydrogen) atoms. The molecule has 0 aliphatic carbocycles. The lowest BCUT2D eigenvalue weighted by Gasteiger charge is -2.16. The lowest BCUT2D eigenvalue weighted by atomic mass is 10.2. The van der Waals surface area contributed by atoms with Crippen LogP contribution < -0.4 is 16.4 Å². The first-order chi connectivity index (χ1) is 9.12. The average molecular weight is 288 g/mol. The van der Waals surface area contributed by atoms with E-state index in [1.165, 1.54) is 11.3 Å². The summed E-state index contributed by atoms with van der Waals surface area (Å²) in [6, 6.07) is -0.244. The zero-order chi connectivity index (χ0) is 14.3. The number of methoxy groups -OCH3 is 1. The summed E-state index contributed by atoms with van der Waals surface area (Å²) in [6.45, 7) is 2.97. The van der Waals surface area contributed by atoms with Crippen molar-refractivity contribution in [3.8, 4) is 0 Å². The third kappa shape index (κ3) is 4.66. The number of rotatable bonds is 8. The second kappa shape index (κ2) is 7.93. The van der Waals surface area contributed by atoms with Crippen LogP contribution in [0.5, 0.6) is 0 Å². The number of ether oxygens (including phenoxy) is 1. The molecular weight excluding hydrogens is 268 g/mol. The molecule has 108 valence electrons. The maximum absolute atomic E-state index is 12.1. The number of carbonyl (C=O) groups is 1. The number of carbonyl (C=O) groups excluding carboxylic acids is 1. The van der Waals surface area contributed by atoms with Crippen LogP contribution in [-0.4, -0.2) is 48.9 Å². The highest BCUT2D eigenvalue weighted by Gasteiger charge is 2.19. The number of anilines is 2. The van der Waals surface area contributed by atoms with Gasteiger partial charge in [0.2, 0.25) is 0 Å². The molecule has 0 bridgehead atoms. The van der Waals surface area contributed by atoms with Gasteiger partial charge in [0, 0.05) is 20.3 Å². The molecule has 0 saturated heterocycles. The zero-order valence-electron chi connectivity index (χ0n) is 11.1. The molecule has 0 aliphatic heterocycles. The number of aromatic nitrogens is 1. The number of aliphatic hydroxyl groups is 1. The van der Waals surface area contributed by atoms with Gasteiger partial charge in [-0.3, -0.25) is 4.79 Å². The van der Waals surface area contributed by atoms with E-state index in [0.29, 0.717) is 29.6 Å². The molecule has 8 heteroatoms. The third-order valence-corrected chi connectivity index (χ3v) is 3.40. The van der Waals surface area contributed by atoms with Crippen LogP contribution in [0.15, 0.2) is 0 Å². The van der Waals surface area contributed by atoms with E-state index in [4.69, 9.17) is 15.6 Å². The van der Waals surface area contributed by atoms with Crippen LogP contribution in [0.1, 0.15) is 23.0 Å². The fraction of sp³-hybridized carbons (Fsp3) is 0.636. The molecule has 0 aliphatic rings. The highest BCUT2D eigenvalue weighted by molar-refractivity contribution is 7.18. The average Bonchev–Trinajstić information content (AvgIpc) is 2.71. The van der Waals surface area contributed by atoms with E-state index < -0.39 is 0 Å². The van der Waals surface area contributed by atoms with Gasteiger partial charge in [0.05, 0.1) is 12.6 Å². The van der Waals surface area contributed by atoms with Gasteiger partial charge in [-0.05, 0) is 13.3 Å². The van der Waals surface area contributed by atoms with E-state index in [0.717, 1.165) is 0 Å². The molecular formula is C11H20N4O3S. The first-order valence-electron chi connectivity index (χ1n) is 6.03. The van der Waals surface area contributed by atoms with Crippen molar-refractivity contribution in [3.63, 3.8) is 0 Å². The number of nitrogens with one attached hydrogen (secondary N) is 2. The third-order valence-electron chi connectivity index (χ3n) is 2.37. The van der Waals surface area contributed by atoms with Gasteiger partial charge in [0.25, 0.3) is 5.91 Å². The highest BCUT2D eigenvalue weighted by atomic mass is 32.1. The van der Waals surface area contributed by atoms with E-state index in [-0.39, 0.29) is 24.4 Å². The van der Waals surface area contributed by atoms with Crippen molar-refractivity contribution in [1.82, 2.24) is 10.3 Å². The number of nitrogen functional groups attached to an aromatic ring is 1. The Morgan fingerprint density at radius 3 is 2.95 bits per heavy atom. The molecule has 5 N–H and O–H groups in total.